The quantitative estimate of drug-likeness (QED) is 0.336. The van der Waals surface area contributed by atoms with Crippen LogP contribution >= 0.6 is 0 Å². The van der Waals surface area contributed by atoms with Gasteiger partial charge in [0.1, 0.15) is 6.54 Å². The van der Waals surface area contributed by atoms with E-state index in [-0.39, 0.29) is 12.5 Å². The van der Waals surface area contributed by atoms with Crippen LogP contribution in [-0.4, -0.2) is 31.6 Å². The van der Waals surface area contributed by atoms with E-state index in [2.05, 4.69) is 15.3 Å². The summed E-state index contributed by atoms with van der Waals surface area (Å²) in [4.78, 5) is 10.5. The average molecular weight is 157 g/mol. The molecule has 11 heavy (non-hydrogen) atoms. The summed E-state index contributed by atoms with van der Waals surface area (Å²) in [6, 6.07) is 0. The Bertz CT molecular complexity index is 177. The molecule has 0 atom stereocenters. The molecule has 0 aromatic heterocycles. The van der Waals surface area contributed by atoms with Crippen molar-refractivity contribution >= 4 is 17.9 Å². The normalized spacial score (nSPS) is 10.5. The smallest absolute Gasteiger partial charge is 0.326 e. The van der Waals surface area contributed by atoms with E-state index < -0.39 is 0 Å². The van der Waals surface area contributed by atoms with Gasteiger partial charge in [-0.3, -0.25) is 10.2 Å². The number of hydrogen-bond donors (Lipinski definition) is 2. The number of methoxy groups -OCH3 is 1. The van der Waals surface area contributed by atoms with Gasteiger partial charge in [0.15, 0.2) is 0 Å². The van der Waals surface area contributed by atoms with Gasteiger partial charge in [0.25, 0.3) is 0 Å². The number of nitrogens with zero attached hydrogens (tertiary/aromatic N) is 1. The Morgan fingerprint density at radius 2 is 2.45 bits per heavy atom. The lowest BCUT2D eigenvalue weighted by molar-refractivity contribution is -0.139. The van der Waals surface area contributed by atoms with Gasteiger partial charge in [-0.1, -0.05) is 0 Å². The van der Waals surface area contributed by atoms with Gasteiger partial charge in [0, 0.05) is 6.21 Å². The summed E-state index contributed by atoms with van der Waals surface area (Å²) in [6.45, 7) is 1.68. The minimum atomic E-state index is -0.383. The monoisotopic (exact) mass is 157 g/mol. The first-order valence-corrected chi connectivity index (χ1v) is 3.05. The van der Waals surface area contributed by atoms with Gasteiger partial charge in [-0.25, -0.2) is 0 Å². The van der Waals surface area contributed by atoms with Crippen LogP contribution in [0.5, 0.6) is 0 Å². The van der Waals surface area contributed by atoms with E-state index in [1.54, 1.807) is 6.92 Å². The Labute approximate surface area is 64.9 Å². The van der Waals surface area contributed by atoms with Gasteiger partial charge in [0.2, 0.25) is 0 Å². The molecule has 0 spiro atoms. The number of hydrogen-bond acceptors (Lipinski definition) is 5. The van der Waals surface area contributed by atoms with Crippen LogP contribution in [-0.2, 0) is 9.53 Å². The maximum atomic E-state index is 10.5. The second-order valence-corrected chi connectivity index (χ2v) is 1.81. The minimum Gasteiger partial charge on any atom is -0.468 e. The standard InChI is InChI=1S/C6H11N3O2/c1-5(3-7)9-8-4-6(10)11-2/h3,7-8H,4H2,1-2H3/b7-3?,9-5-. The van der Waals surface area contributed by atoms with Crippen molar-refractivity contribution in [3.63, 3.8) is 0 Å². The third kappa shape index (κ3) is 5.07. The number of nitrogens with one attached hydrogen (secondary N) is 2. The molecule has 0 rings (SSSR count). The number of esters is 1. The van der Waals surface area contributed by atoms with E-state index in [1.807, 2.05) is 0 Å². The third-order valence-corrected chi connectivity index (χ3v) is 0.915. The molecule has 2 N–H and O–H groups in total. The number of carbonyl (C=O) groups is 1. The molecule has 0 aromatic rings. The second kappa shape index (κ2) is 5.40. The summed E-state index contributed by atoms with van der Waals surface area (Å²) < 4.78 is 4.34. The van der Waals surface area contributed by atoms with E-state index in [1.165, 1.54) is 7.11 Å². The molecule has 0 heterocycles. The summed E-state index contributed by atoms with van der Waals surface area (Å²) in [6.07, 6.45) is 1.09. The van der Waals surface area contributed by atoms with Gasteiger partial charge in [-0.05, 0) is 6.92 Å². The number of hydrazone groups is 1. The van der Waals surface area contributed by atoms with Crippen LogP contribution in [0, 0.1) is 5.41 Å². The van der Waals surface area contributed by atoms with Crippen LogP contribution in [0.4, 0.5) is 0 Å². The molecule has 0 aliphatic carbocycles. The lowest BCUT2D eigenvalue weighted by Crippen LogP contribution is -2.20. The van der Waals surface area contributed by atoms with Gasteiger partial charge >= 0.3 is 5.97 Å². The highest BCUT2D eigenvalue weighted by molar-refractivity contribution is 6.28. The molecule has 62 valence electrons. The lowest BCUT2D eigenvalue weighted by Gasteiger charge is -1.97. The lowest BCUT2D eigenvalue weighted by atomic mass is 10.5. The van der Waals surface area contributed by atoms with Crippen molar-refractivity contribution in [2.75, 3.05) is 13.7 Å². The zero-order valence-electron chi connectivity index (χ0n) is 6.55. The topological polar surface area (TPSA) is 74.5 Å². The number of rotatable bonds is 4. The van der Waals surface area contributed by atoms with Gasteiger partial charge < -0.3 is 10.1 Å². The van der Waals surface area contributed by atoms with E-state index in [4.69, 9.17) is 5.41 Å². The Hall–Kier alpha value is -1.39. The van der Waals surface area contributed by atoms with Gasteiger partial charge in [-0.2, -0.15) is 5.10 Å². The van der Waals surface area contributed by atoms with Crippen molar-refractivity contribution in [2.24, 2.45) is 5.10 Å². The highest BCUT2D eigenvalue weighted by atomic mass is 16.5. The maximum absolute atomic E-state index is 10.5. The fourth-order valence-corrected chi connectivity index (χ4v) is 0.333. The molecule has 0 fully saturated rings. The maximum Gasteiger partial charge on any atom is 0.326 e. The van der Waals surface area contributed by atoms with Crippen LogP contribution in [0.2, 0.25) is 0 Å². The third-order valence-electron chi connectivity index (χ3n) is 0.915. The first-order valence-electron chi connectivity index (χ1n) is 3.05. The van der Waals surface area contributed by atoms with Crippen molar-refractivity contribution in [1.82, 2.24) is 5.43 Å². The molecule has 0 aromatic carbocycles. The molecule has 0 saturated carbocycles. The number of carbonyl (C=O) groups excluding carboxylic acids is 1. The SMILES string of the molecule is COC(=O)CN/N=C(/C)C=N. The van der Waals surface area contributed by atoms with E-state index in [9.17, 15) is 4.79 Å². The molecule has 0 aliphatic heterocycles. The van der Waals surface area contributed by atoms with Crippen LogP contribution in [0.15, 0.2) is 5.10 Å². The van der Waals surface area contributed by atoms with Crippen LogP contribution in [0.3, 0.4) is 0 Å². The van der Waals surface area contributed by atoms with Crippen molar-refractivity contribution in [3.05, 3.63) is 0 Å². The molecule has 0 unspecified atom stereocenters. The molecule has 0 bridgehead atoms. The minimum absolute atomic E-state index is 0.0294. The zero-order valence-corrected chi connectivity index (χ0v) is 6.55. The number of ether oxygens (including phenoxy) is 1. The van der Waals surface area contributed by atoms with Crippen LogP contribution in [0.1, 0.15) is 6.92 Å². The molecule has 0 saturated heterocycles. The fraction of sp³-hybridized carbons (Fsp3) is 0.500. The van der Waals surface area contributed by atoms with Crippen molar-refractivity contribution in [3.8, 4) is 0 Å². The summed E-state index contributed by atoms with van der Waals surface area (Å²) in [5.41, 5.74) is 2.96. The second-order valence-electron chi connectivity index (χ2n) is 1.81. The largest absolute Gasteiger partial charge is 0.468 e. The highest BCUT2D eigenvalue weighted by Gasteiger charge is 1.95. The Kier molecular flexibility index (Phi) is 4.72. The Morgan fingerprint density at radius 1 is 1.82 bits per heavy atom. The highest BCUT2D eigenvalue weighted by Crippen LogP contribution is 1.71. The van der Waals surface area contributed by atoms with Crippen LogP contribution < -0.4 is 5.43 Å². The molecule has 0 radical (unpaired) electrons. The van der Waals surface area contributed by atoms with Gasteiger partial charge in [0.05, 0.1) is 12.8 Å². The summed E-state index contributed by atoms with van der Waals surface area (Å²) >= 11 is 0. The van der Waals surface area contributed by atoms with Crippen molar-refractivity contribution in [2.45, 2.75) is 6.92 Å². The first kappa shape index (κ1) is 9.61. The van der Waals surface area contributed by atoms with Gasteiger partial charge in [-0.15, -0.1) is 0 Å². The zero-order chi connectivity index (χ0) is 8.69. The Balaban J connectivity index is 3.56. The fourth-order valence-electron chi connectivity index (χ4n) is 0.333. The molecule has 5 heteroatoms. The summed E-state index contributed by atoms with van der Waals surface area (Å²) in [5.74, 6) is -0.383. The first-order chi connectivity index (χ1) is 5.20. The molecular formula is C6H11N3O2. The van der Waals surface area contributed by atoms with Crippen molar-refractivity contribution < 1.29 is 9.53 Å². The van der Waals surface area contributed by atoms with Crippen molar-refractivity contribution in [1.29, 1.82) is 5.41 Å². The summed E-state index contributed by atoms with van der Waals surface area (Å²) in [5, 5.41) is 10.4. The molecule has 0 aliphatic rings. The predicted molar refractivity (Wildman–Crippen MR) is 41.9 cm³/mol. The predicted octanol–water partition coefficient (Wildman–Crippen LogP) is -0.226. The van der Waals surface area contributed by atoms with E-state index in [0.717, 1.165) is 6.21 Å². The Morgan fingerprint density at radius 3 is 2.91 bits per heavy atom. The molecule has 0 amide bonds. The van der Waals surface area contributed by atoms with E-state index >= 15 is 0 Å². The van der Waals surface area contributed by atoms with E-state index in [0.29, 0.717) is 5.71 Å². The molecular weight excluding hydrogens is 146 g/mol. The molecule has 5 nitrogen and oxygen atoms in total. The van der Waals surface area contributed by atoms with Crippen LogP contribution in [0.25, 0.3) is 0 Å². The average Bonchev–Trinajstić information content (AvgIpc) is 2.04. The summed E-state index contributed by atoms with van der Waals surface area (Å²) in [7, 11) is 1.30.